The van der Waals surface area contributed by atoms with Gasteiger partial charge in [-0.15, -0.1) is 11.3 Å². The van der Waals surface area contributed by atoms with E-state index in [1.165, 1.54) is 11.8 Å². The molecule has 0 spiro atoms. The van der Waals surface area contributed by atoms with Gasteiger partial charge in [0.25, 0.3) is 5.56 Å². The normalized spacial score (nSPS) is 11.3. The van der Waals surface area contributed by atoms with Crippen LogP contribution in [0.4, 0.5) is 0 Å². The van der Waals surface area contributed by atoms with E-state index in [9.17, 15) is 4.79 Å². The van der Waals surface area contributed by atoms with Crippen LogP contribution in [0.2, 0.25) is 0 Å². The fraction of sp³-hybridized carbons (Fsp3) is 0.130. The molecule has 0 aliphatic carbocycles. The van der Waals surface area contributed by atoms with Crippen molar-refractivity contribution in [1.82, 2.24) is 19.5 Å². The summed E-state index contributed by atoms with van der Waals surface area (Å²) in [6.45, 7) is 3.88. The van der Waals surface area contributed by atoms with Crippen LogP contribution in [0.3, 0.4) is 0 Å². The van der Waals surface area contributed by atoms with Crippen molar-refractivity contribution < 1.29 is 4.42 Å². The lowest BCUT2D eigenvalue weighted by atomic mass is 10.2. The van der Waals surface area contributed by atoms with Crippen molar-refractivity contribution in [2.75, 3.05) is 0 Å². The molecule has 0 saturated carbocycles. The smallest absolute Gasteiger partial charge is 0.267 e. The number of rotatable bonds is 5. The van der Waals surface area contributed by atoms with E-state index < -0.39 is 0 Å². The summed E-state index contributed by atoms with van der Waals surface area (Å²) in [4.78, 5) is 28.2. The van der Waals surface area contributed by atoms with Gasteiger partial charge >= 0.3 is 0 Å². The Morgan fingerprint density at radius 3 is 2.77 bits per heavy atom. The number of nitrogens with zero attached hydrogens (tertiary/aromatic N) is 4. The van der Waals surface area contributed by atoms with Crippen LogP contribution in [0.15, 0.2) is 74.5 Å². The summed E-state index contributed by atoms with van der Waals surface area (Å²) in [5.41, 5.74) is 2.38. The van der Waals surface area contributed by atoms with Crippen molar-refractivity contribution in [2.24, 2.45) is 0 Å². The molecule has 0 fully saturated rings. The van der Waals surface area contributed by atoms with Gasteiger partial charge in [0.2, 0.25) is 5.89 Å². The molecular formula is C23H18N4O2S2. The Bertz CT molecular complexity index is 1440. The molecule has 0 radical (unpaired) electrons. The van der Waals surface area contributed by atoms with Crippen LogP contribution >= 0.6 is 23.1 Å². The highest BCUT2D eigenvalue weighted by Crippen LogP contribution is 2.30. The number of hydrogen-bond acceptors (Lipinski definition) is 7. The molecule has 8 heteroatoms. The predicted molar refractivity (Wildman–Crippen MR) is 124 cm³/mol. The third-order valence-corrected chi connectivity index (χ3v) is 6.65. The molecule has 31 heavy (non-hydrogen) atoms. The van der Waals surface area contributed by atoms with E-state index in [-0.39, 0.29) is 5.56 Å². The number of oxazole rings is 1. The van der Waals surface area contributed by atoms with Crippen molar-refractivity contribution >= 4 is 34.0 Å². The molecule has 154 valence electrons. The number of para-hydroxylation sites is 1. The first-order valence-electron chi connectivity index (χ1n) is 9.68. The Morgan fingerprint density at radius 1 is 1.10 bits per heavy atom. The highest BCUT2D eigenvalue weighted by Gasteiger charge is 2.17. The third-order valence-electron chi connectivity index (χ3n) is 4.84. The fourth-order valence-electron chi connectivity index (χ4n) is 3.25. The first-order chi connectivity index (χ1) is 15.1. The van der Waals surface area contributed by atoms with E-state index in [2.05, 4.69) is 9.97 Å². The maximum atomic E-state index is 13.3. The van der Waals surface area contributed by atoms with Crippen LogP contribution < -0.4 is 5.56 Å². The number of hydrogen-bond donors (Lipinski definition) is 0. The van der Waals surface area contributed by atoms with E-state index in [1.807, 2.05) is 61.7 Å². The average Bonchev–Trinajstić information content (AvgIpc) is 3.42. The van der Waals surface area contributed by atoms with Crippen LogP contribution in [0.25, 0.3) is 27.5 Å². The molecule has 0 saturated heterocycles. The lowest BCUT2D eigenvalue weighted by molar-refractivity contribution is 0.542. The van der Waals surface area contributed by atoms with Crippen molar-refractivity contribution in [2.45, 2.75) is 24.8 Å². The molecule has 0 amide bonds. The van der Waals surface area contributed by atoms with Gasteiger partial charge in [-0.25, -0.2) is 19.5 Å². The topological polar surface area (TPSA) is 73.8 Å². The molecule has 0 N–H and O–H groups in total. The van der Waals surface area contributed by atoms with E-state index in [0.717, 1.165) is 21.9 Å². The van der Waals surface area contributed by atoms with Crippen LogP contribution in [0, 0.1) is 13.8 Å². The minimum Gasteiger partial charge on any atom is -0.440 e. The third kappa shape index (κ3) is 3.80. The number of aromatic nitrogens is 4. The average molecular weight is 447 g/mol. The Kier molecular flexibility index (Phi) is 5.17. The summed E-state index contributed by atoms with van der Waals surface area (Å²) in [5, 5.41) is 3.13. The van der Waals surface area contributed by atoms with E-state index in [1.54, 1.807) is 28.2 Å². The molecular weight excluding hydrogens is 428 g/mol. The number of fused-ring (bicyclic) bond motifs is 1. The van der Waals surface area contributed by atoms with Gasteiger partial charge in [-0.3, -0.25) is 4.79 Å². The van der Waals surface area contributed by atoms with Gasteiger partial charge in [0.1, 0.15) is 11.6 Å². The van der Waals surface area contributed by atoms with Crippen LogP contribution in [0.1, 0.15) is 17.0 Å². The van der Waals surface area contributed by atoms with Crippen molar-refractivity contribution in [3.05, 3.63) is 87.5 Å². The van der Waals surface area contributed by atoms with E-state index in [4.69, 9.17) is 9.40 Å². The quantitative estimate of drug-likeness (QED) is 0.266. The number of thioether (sulfide) groups is 1. The summed E-state index contributed by atoms with van der Waals surface area (Å²) < 4.78 is 7.44. The lowest BCUT2D eigenvalue weighted by Gasteiger charge is -2.12. The number of pyridine rings is 1. The maximum absolute atomic E-state index is 13.3. The Labute approximate surface area is 186 Å². The number of aryl methyl sites for hydroxylation is 2. The Morgan fingerprint density at radius 2 is 1.97 bits per heavy atom. The highest BCUT2D eigenvalue weighted by atomic mass is 32.2. The van der Waals surface area contributed by atoms with Gasteiger partial charge in [-0.2, -0.15) is 0 Å². The standard InChI is InChI=1S/C23H18N4O2S2/c1-14-9-10-24-20(12-14)27-22(28)16-6-3-4-7-17(16)26-23(27)31-13-18-15(2)29-21(25-18)19-8-5-11-30-19/h3-12H,13H2,1-2H3. The number of benzene rings is 1. The molecule has 0 unspecified atom stereocenters. The molecule has 0 atom stereocenters. The van der Waals surface area contributed by atoms with Crippen LogP contribution in [0.5, 0.6) is 0 Å². The van der Waals surface area contributed by atoms with Gasteiger partial charge in [0, 0.05) is 11.9 Å². The van der Waals surface area contributed by atoms with Crippen LogP contribution in [-0.4, -0.2) is 19.5 Å². The summed E-state index contributed by atoms with van der Waals surface area (Å²) in [7, 11) is 0. The molecule has 4 heterocycles. The second kappa shape index (κ2) is 8.13. The summed E-state index contributed by atoms with van der Waals surface area (Å²) >= 11 is 3.04. The summed E-state index contributed by atoms with van der Waals surface area (Å²) in [6, 6.07) is 15.1. The van der Waals surface area contributed by atoms with Gasteiger partial charge in [-0.05, 0) is 55.1 Å². The van der Waals surface area contributed by atoms with Gasteiger partial charge in [-0.1, -0.05) is 30.0 Å². The van der Waals surface area contributed by atoms with E-state index in [0.29, 0.717) is 33.5 Å². The second-order valence-corrected chi connectivity index (χ2v) is 8.92. The zero-order chi connectivity index (χ0) is 21.4. The molecule has 0 bridgehead atoms. The number of thiophene rings is 1. The molecule has 5 rings (SSSR count). The zero-order valence-corrected chi connectivity index (χ0v) is 18.5. The highest BCUT2D eigenvalue weighted by molar-refractivity contribution is 7.98. The first kappa shape index (κ1) is 19.7. The van der Waals surface area contributed by atoms with Gasteiger partial charge < -0.3 is 4.42 Å². The Balaban J connectivity index is 1.57. The van der Waals surface area contributed by atoms with Crippen molar-refractivity contribution in [3.63, 3.8) is 0 Å². The molecule has 1 aromatic carbocycles. The summed E-state index contributed by atoms with van der Waals surface area (Å²) in [6.07, 6.45) is 1.70. The van der Waals surface area contributed by atoms with Gasteiger partial charge in [0.15, 0.2) is 5.16 Å². The lowest BCUT2D eigenvalue weighted by Crippen LogP contribution is -2.22. The fourth-order valence-corrected chi connectivity index (χ4v) is 4.91. The Hall–Kier alpha value is -3.23. The van der Waals surface area contributed by atoms with E-state index >= 15 is 0 Å². The SMILES string of the molecule is Cc1ccnc(-n2c(SCc3nc(-c4cccs4)oc3C)nc3ccccc3c2=O)c1. The zero-order valence-electron chi connectivity index (χ0n) is 16.9. The van der Waals surface area contributed by atoms with Crippen molar-refractivity contribution in [3.8, 4) is 16.6 Å². The summed E-state index contributed by atoms with van der Waals surface area (Å²) in [5.74, 6) is 2.46. The first-order valence-corrected chi connectivity index (χ1v) is 11.5. The second-order valence-electron chi connectivity index (χ2n) is 7.03. The van der Waals surface area contributed by atoms with Crippen molar-refractivity contribution in [1.29, 1.82) is 0 Å². The molecule has 0 aliphatic heterocycles. The monoisotopic (exact) mass is 446 g/mol. The van der Waals surface area contributed by atoms with Crippen LogP contribution in [-0.2, 0) is 5.75 Å². The molecule has 5 aromatic rings. The minimum absolute atomic E-state index is 0.137. The largest absolute Gasteiger partial charge is 0.440 e. The molecule has 0 aliphatic rings. The molecule has 6 nitrogen and oxygen atoms in total. The van der Waals surface area contributed by atoms with Gasteiger partial charge in [0.05, 0.1) is 21.5 Å². The molecule has 4 aromatic heterocycles. The maximum Gasteiger partial charge on any atom is 0.267 e. The minimum atomic E-state index is -0.137. The predicted octanol–water partition coefficient (Wildman–Crippen LogP) is 5.41.